The van der Waals surface area contributed by atoms with Gasteiger partial charge in [0.25, 0.3) is 5.91 Å². The molecule has 0 spiro atoms. The molecule has 1 N–H and O–H groups in total. The second kappa shape index (κ2) is 7.19. The first-order valence-corrected chi connectivity index (χ1v) is 7.45. The molecule has 21 heavy (non-hydrogen) atoms. The zero-order chi connectivity index (χ0) is 15.3. The molecule has 0 unspecified atom stereocenters. The normalized spacial score (nSPS) is 16.9. The minimum Gasteiger partial charge on any atom is -0.379 e. The third kappa shape index (κ3) is 4.65. The van der Waals surface area contributed by atoms with Gasteiger partial charge in [0.1, 0.15) is 4.88 Å². The molecule has 1 aromatic rings. The Hall–Kier alpha value is -1.19. The molecule has 5 nitrogen and oxygen atoms in total. The zero-order valence-corrected chi connectivity index (χ0v) is 12.1. The van der Waals surface area contributed by atoms with Gasteiger partial charge in [0.05, 0.1) is 18.7 Å². The molecule has 1 fully saturated rings. The number of ether oxygens (including phenoxy) is 1. The van der Waals surface area contributed by atoms with Gasteiger partial charge in [-0.15, -0.1) is 11.3 Å². The zero-order valence-electron chi connectivity index (χ0n) is 11.3. The highest BCUT2D eigenvalue weighted by molar-refractivity contribution is 7.11. The van der Waals surface area contributed by atoms with Crippen LogP contribution in [0.15, 0.2) is 5.51 Å². The average Bonchev–Trinajstić information content (AvgIpc) is 2.94. The summed E-state index contributed by atoms with van der Waals surface area (Å²) in [5.41, 5.74) is -0.0796. The summed E-state index contributed by atoms with van der Waals surface area (Å²) in [5.74, 6) is -0.716. The minimum atomic E-state index is -4.60. The highest BCUT2D eigenvalue weighted by Crippen LogP contribution is 2.32. The van der Waals surface area contributed by atoms with Gasteiger partial charge < -0.3 is 10.1 Å². The summed E-state index contributed by atoms with van der Waals surface area (Å²) in [6.45, 7) is 4.22. The summed E-state index contributed by atoms with van der Waals surface area (Å²) >= 11 is 0.701. The monoisotopic (exact) mass is 323 g/mol. The third-order valence-electron chi connectivity index (χ3n) is 3.08. The quantitative estimate of drug-likeness (QED) is 0.837. The van der Waals surface area contributed by atoms with Crippen molar-refractivity contribution in [3.63, 3.8) is 0 Å². The van der Waals surface area contributed by atoms with Gasteiger partial charge in [0, 0.05) is 19.6 Å². The number of rotatable bonds is 5. The Bertz CT molecular complexity index is 473. The number of hydrogen-bond donors (Lipinski definition) is 1. The van der Waals surface area contributed by atoms with E-state index in [-0.39, 0.29) is 4.88 Å². The van der Waals surface area contributed by atoms with E-state index in [1.54, 1.807) is 0 Å². The van der Waals surface area contributed by atoms with E-state index in [0.717, 1.165) is 25.1 Å². The van der Waals surface area contributed by atoms with Crippen LogP contribution in [0.4, 0.5) is 13.2 Å². The van der Waals surface area contributed by atoms with Gasteiger partial charge >= 0.3 is 6.18 Å². The Morgan fingerprint density at radius 3 is 2.81 bits per heavy atom. The van der Waals surface area contributed by atoms with Crippen molar-refractivity contribution in [1.29, 1.82) is 0 Å². The van der Waals surface area contributed by atoms with Gasteiger partial charge in [-0.1, -0.05) is 0 Å². The van der Waals surface area contributed by atoms with E-state index in [9.17, 15) is 18.0 Å². The Kier molecular flexibility index (Phi) is 5.54. The fourth-order valence-corrected chi connectivity index (χ4v) is 2.74. The van der Waals surface area contributed by atoms with E-state index in [1.165, 1.54) is 0 Å². The number of nitrogens with one attached hydrogen (secondary N) is 1. The highest BCUT2D eigenvalue weighted by atomic mass is 32.1. The van der Waals surface area contributed by atoms with Crippen LogP contribution in [0, 0.1) is 0 Å². The number of amides is 1. The molecular weight excluding hydrogens is 307 g/mol. The Balaban J connectivity index is 1.76. The van der Waals surface area contributed by atoms with Gasteiger partial charge in [-0.25, -0.2) is 4.98 Å². The summed E-state index contributed by atoms with van der Waals surface area (Å²) in [6.07, 6.45) is -3.91. The molecule has 0 radical (unpaired) electrons. The van der Waals surface area contributed by atoms with Gasteiger partial charge in [-0.2, -0.15) is 13.2 Å². The molecule has 118 valence electrons. The number of hydrogen-bond acceptors (Lipinski definition) is 5. The van der Waals surface area contributed by atoms with Gasteiger partial charge in [0.15, 0.2) is 5.69 Å². The Labute approximate surface area is 124 Å². The molecule has 1 amide bonds. The van der Waals surface area contributed by atoms with Crippen molar-refractivity contribution in [3.05, 3.63) is 16.1 Å². The van der Waals surface area contributed by atoms with Crippen LogP contribution >= 0.6 is 11.3 Å². The maximum Gasteiger partial charge on any atom is 0.434 e. The van der Waals surface area contributed by atoms with Crippen LogP contribution in [-0.4, -0.2) is 55.2 Å². The molecule has 2 heterocycles. The summed E-state index contributed by atoms with van der Waals surface area (Å²) in [7, 11) is 0. The van der Waals surface area contributed by atoms with E-state index in [4.69, 9.17) is 4.74 Å². The highest BCUT2D eigenvalue weighted by Gasteiger charge is 2.38. The first kappa shape index (κ1) is 16.2. The molecule has 1 aromatic heterocycles. The predicted octanol–water partition coefficient (Wildman–Crippen LogP) is 1.61. The molecule has 0 saturated carbocycles. The third-order valence-corrected chi connectivity index (χ3v) is 3.91. The van der Waals surface area contributed by atoms with Gasteiger partial charge in [-0.3, -0.25) is 9.69 Å². The van der Waals surface area contributed by atoms with Crippen molar-refractivity contribution in [1.82, 2.24) is 15.2 Å². The molecule has 2 rings (SSSR count). The summed E-state index contributed by atoms with van der Waals surface area (Å²) in [5, 5.41) is 2.51. The van der Waals surface area contributed by atoms with Crippen LogP contribution in [0.1, 0.15) is 21.8 Å². The van der Waals surface area contributed by atoms with Crippen LogP contribution in [-0.2, 0) is 10.9 Å². The lowest BCUT2D eigenvalue weighted by Gasteiger charge is -2.26. The molecule has 1 aliphatic rings. The van der Waals surface area contributed by atoms with Crippen LogP contribution in [0.5, 0.6) is 0 Å². The molecule has 0 bridgehead atoms. The first-order chi connectivity index (χ1) is 9.98. The van der Waals surface area contributed by atoms with Crippen LogP contribution in [0.2, 0.25) is 0 Å². The lowest BCUT2D eigenvalue weighted by atomic mass is 10.3. The molecule has 9 heteroatoms. The SMILES string of the molecule is O=C(NCCCN1CCOCC1)c1scnc1C(F)(F)F. The number of nitrogens with zero attached hydrogens (tertiary/aromatic N) is 2. The van der Waals surface area contributed by atoms with Crippen molar-refractivity contribution in [2.24, 2.45) is 0 Å². The molecular formula is C12H16F3N3O2S. The molecule has 0 aromatic carbocycles. The van der Waals surface area contributed by atoms with E-state index >= 15 is 0 Å². The van der Waals surface area contributed by atoms with Crippen molar-refractivity contribution in [2.75, 3.05) is 39.4 Å². The number of carbonyl (C=O) groups excluding carboxylic acids is 1. The maximum absolute atomic E-state index is 12.6. The van der Waals surface area contributed by atoms with Crippen molar-refractivity contribution >= 4 is 17.2 Å². The van der Waals surface area contributed by atoms with Crippen LogP contribution in [0.25, 0.3) is 0 Å². The number of halogens is 3. The molecule has 0 aliphatic carbocycles. The maximum atomic E-state index is 12.6. The fraction of sp³-hybridized carbons (Fsp3) is 0.667. The van der Waals surface area contributed by atoms with Crippen LogP contribution in [0.3, 0.4) is 0 Å². The molecule has 1 saturated heterocycles. The minimum absolute atomic E-state index is 0.339. The van der Waals surface area contributed by atoms with Crippen molar-refractivity contribution < 1.29 is 22.7 Å². The molecule has 0 atom stereocenters. The standard InChI is InChI=1S/C12H16F3N3O2S/c13-12(14,15)10-9(21-8-17-10)11(19)16-2-1-3-18-4-6-20-7-5-18/h8H,1-7H2,(H,16,19). The summed E-state index contributed by atoms with van der Waals surface area (Å²) in [6, 6.07) is 0. The first-order valence-electron chi connectivity index (χ1n) is 6.57. The van der Waals surface area contributed by atoms with E-state index in [1.807, 2.05) is 0 Å². The van der Waals surface area contributed by atoms with E-state index in [0.29, 0.717) is 37.5 Å². The number of aromatic nitrogens is 1. The second-order valence-electron chi connectivity index (χ2n) is 4.59. The van der Waals surface area contributed by atoms with Crippen LogP contribution < -0.4 is 5.32 Å². The average molecular weight is 323 g/mol. The second-order valence-corrected chi connectivity index (χ2v) is 5.45. The Morgan fingerprint density at radius 2 is 2.14 bits per heavy atom. The number of thiazole rings is 1. The lowest BCUT2D eigenvalue weighted by Crippen LogP contribution is -2.38. The topological polar surface area (TPSA) is 54.5 Å². The van der Waals surface area contributed by atoms with Gasteiger partial charge in [0.2, 0.25) is 0 Å². The van der Waals surface area contributed by atoms with E-state index in [2.05, 4.69) is 15.2 Å². The smallest absolute Gasteiger partial charge is 0.379 e. The number of carbonyl (C=O) groups is 1. The van der Waals surface area contributed by atoms with E-state index < -0.39 is 17.8 Å². The fourth-order valence-electron chi connectivity index (χ4n) is 2.02. The van der Waals surface area contributed by atoms with Gasteiger partial charge in [-0.05, 0) is 13.0 Å². The lowest BCUT2D eigenvalue weighted by molar-refractivity contribution is -0.141. The Morgan fingerprint density at radius 1 is 1.43 bits per heavy atom. The largest absolute Gasteiger partial charge is 0.434 e. The predicted molar refractivity (Wildman–Crippen MR) is 71.3 cm³/mol. The number of alkyl halides is 3. The van der Waals surface area contributed by atoms with Crippen molar-refractivity contribution in [2.45, 2.75) is 12.6 Å². The summed E-state index contributed by atoms with van der Waals surface area (Å²) in [4.78, 5) is 16.8. The summed E-state index contributed by atoms with van der Waals surface area (Å²) < 4.78 is 43.1. The van der Waals surface area contributed by atoms with Crippen molar-refractivity contribution in [3.8, 4) is 0 Å². The molecule has 1 aliphatic heterocycles. The number of morpholine rings is 1.